The molecule has 0 bridgehead atoms. The predicted molar refractivity (Wildman–Crippen MR) is 56.9 cm³/mol. The normalized spacial score (nSPS) is 16.2. The Balaban J connectivity index is 2.45. The van der Waals surface area contributed by atoms with Crippen molar-refractivity contribution in [1.82, 2.24) is 0 Å². The van der Waals surface area contributed by atoms with Crippen LogP contribution in [-0.2, 0) is 9.53 Å². The Morgan fingerprint density at radius 3 is 2.50 bits per heavy atom. The minimum atomic E-state index is -0.195. The van der Waals surface area contributed by atoms with E-state index >= 15 is 0 Å². The summed E-state index contributed by atoms with van der Waals surface area (Å²) in [6, 6.07) is 0. The third-order valence-electron chi connectivity index (χ3n) is 2.55. The van der Waals surface area contributed by atoms with Gasteiger partial charge < -0.3 is 4.74 Å². The molecule has 0 aromatic heterocycles. The maximum Gasteiger partial charge on any atom is 0.302 e. The monoisotopic (exact) mass is 194 g/mol. The van der Waals surface area contributed by atoms with E-state index in [2.05, 4.69) is 19.9 Å². The molecule has 0 heterocycles. The van der Waals surface area contributed by atoms with E-state index in [1.165, 1.54) is 23.6 Å². The topological polar surface area (TPSA) is 26.3 Å². The second-order valence-electron chi connectivity index (χ2n) is 3.95. The minimum Gasteiger partial charge on any atom is -0.461 e. The summed E-state index contributed by atoms with van der Waals surface area (Å²) in [5.74, 6) is -0.195. The molecule has 0 unspecified atom stereocenters. The van der Waals surface area contributed by atoms with E-state index in [1.54, 1.807) is 0 Å². The summed E-state index contributed by atoms with van der Waals surface area (Å²) in [5.41, 5.74) is 4.20. The zero-order chi connectivity index (χ0) is 10.6. The standard InChI is InChI=1S/C12H18O2/c1-9(2)12-6-4-11(5-7-12)8-14-10(3)13/h4H,5-8H2,1-3H3. The maximum absolute atomic E-state index is 10.6. The summed E-state index contributed by atoms with van der Waals surface area (Å²) in [5, 5.41) is 0. The van der Waals surface area contributed by atoms with Gasteiger partial charge in [0.1, 0.15) is 6.61 Å². The molecular formula is C12H18O2. The van der Waals surface area contributed by atoms with Crippen LogP contribution < -0.4 is 0 Å². The first-order valence-electron chi connectivity index (χ1n) is 5.06. The highest BCUT2D eigenvalue weighted by Gasteiger charge is 2.09. The van der Waals surface area contributed by atoms with Crippen molar-refractivity contribution in [2.45, 2.75) is 40.0 Å². The van der Waals surface area contributed by atoms with Crippen LogP contribution in [0.3, 0.4) is 0 Å². The lowest BCUT2D eigenvalue weighted by Gasteiger charge is -2.16. The molecule has 78 valence electrons. The third kappa shape index (κ3) is 3.36. The average Bonchev–Trinajstić information content (AvgIpc) is 2.15. The van der Waals surface area contributed by atoms with Crippen molar-refractivity contribution in [1.29, 1.82) is 0 Å². The van der Waals surface area contributed by atoms with Crippen molar-refractivity contribution in [3.05, 3.63) is 22.8 Å². The fourth-order valence-electron chi connectivity index (χ4n) is 1.56. The molecule has 0 atom stereocenters. The highest BCUT2D eigenvalue weighted by Crippen LogP contribution is 2.25. The molecule has 1 aliphatic carbocycles. The molecule has 0 aromatic carbocycles. The van der Waals surface area contributed by atoms with Crippen LogP contribution in [0.1, 0.15) is 40.0 Å². The van der Waals surface area contributed by atoms with E-state index < -0.39 is 0 Å². The highest BCUT2D eigenvalue weighted by atomic mass is 16.5. The summed E-state index contributed by atoms with van der Waals surface area (Å²) in [6.07, 6.45) is 5.37. The van der Waals surface area contributed by atoms with Crippen molar-refractivity contribution < 1.29 is 9.53 Å². The van der Waals surface area contributed by atoms with Crippen molar-refractivity contribution in [3.63, 3.8) is 0 Å². The first kappa shape index (κ1) is 11.0. The van der Waals surface area contributed by atoms with Gasteiger partial charge in [-0.15, -0.1) is 0 Å². The Morgan fingerprint density at radius 2 is 2.07 bits per heavy atom. The van der Waals surface area contributed by atoms with Crippen molar-refractivity contribution in [2.24, 2.45) is 0 Å². The molecule has 0 aromatic rings. The first-order chi connectivity index (χ1) is 6.59. The molecule has 1 aliphatic rings. The molecular weight excluding hydrogens is 176 g/mol. The van der Waals surface area contributed by atoms with Gasteiger partial charge in [-0.3, -0.25) is 4.79 Å². The van der Waals surface area contributed by atoms with Gasteiger partial charge >= 0.3 is 5.97 Å². The molecule has 0 saturated carbocycles. The largest absolute Gasteiger partial charge is 0.461 e. The van der Waals surface area contributed by atoms with Gasteiger partial charge in [-0.05, 0) is 38.7 Å². The molecule has 2 heteroatoms. The van der Waals surface area contributed by atoms with E-state index in [4.69, 9.17) is 4.74 Å². The van der Waals surface area contributed by atoms with E-state index in [1.807, 2.05) is 0 Å². The van der Waals surface area contributed by atoms with E-state index in [-0.39, 0.29) is 5.97 Å². The van der Waals surface area contributed by atoms with Gasteiger partial charge in [0.2, 0.25) is 0 Å². The number of carbonyl (C=O) groups excluding carboxylic acids is 1. The van der Waals surface area contributed by atoms with Gasteiger partial charge in [-0.2, -0.15) is 0 Å². The van der Waals surface area contributed by atoms with Crippen molar-refractivity contribution in [2.75, 3.05) is 6.61 Å². The second-order valence-corrected chi connectivity index (χ2v) is 3.95. The van der Waals surface area contributed by atoms with Crippen molar-refractivity contribution in [3.8, 4) is 0 Å². The zero-order valence-corrected chi connectivity index (χ0v) is 9.22. The third-order valence-corrected chi connectivity index (χ3v) is 2.55. The molecule has 0 radical (unpaired) electrons. The summed E-state index contributed by atoms with van der Waals surface area (Å²) < 4.78 is 4.95. The SMILES string of the molecule is CC(=O)OCC1=CCC(=C(C)C)CC1. The highest BCUT2D eigenvalue weighted by molar-refractivity contribution is 5.66. The fraction of sp³-hybridized carbons (Fsp3) is 0.583. The first-order valence-corrected chi connectivity index (χ1v) is 5.06. The lowest BCUT2D eigenvalue weighted by atomic mass is 9.92. The number of rotatable bonds is 2. The lowest BCUT2D eigenvalue weighted by molar-refractivity contribution is -0.140. The quantitative estimate of drug-likeness (QED) is 0.499. The fourth-order valence-corrected chi connectivity index (χ4v) is 1.56. The number of ether oxygens (including phenoxy) is 1. The van der Waals surface area contributed by atoms with Gasteiger partial charge in [-0.1, -0.05) is 17.2 Å². The summed E-state index contributed by atoms with van der Waals surface area (Å²) in [6.45, 7) is 6.23. The van der Waals surface area contributed by atoms with Gasteiger partial charge in [0.05, 0.1) is 0 Å². The maximum atomic E-state index is 10.6. The number of allylic oxidation sites excluding steroid dienone is 3. The van der Waals surface area contributed by atoms with Crippen LogP contribution in [0.5, 0.6) is 0 Å². The molecule has 0 saturated heterocycles. The average molecular weight is 194 g/mol. The number of carbonyl (C=O) groups is 1. The number of esters is 1. The van der Waals surface area contributed by atoms with Crippen LogP contribution in [0.4, 0.5) is 0 Å². The minimum absolute atomic E-state index is 0.195. The summed E-state index contributed by atoms with van der Waals surface area (Å²) in [7, 11) is 0. The van der Waals surface area contributed by atoms with Crippen LogP contribution in [0.2, 0.25) is 0 Å². The van der Waals surface area contributed by atoms with E-state index in [9.17, 15) is 4.79 Å². The Hall–Kier alpha value is -1.05. The summed E-state index contributed by atoms with van der Waals surface area (Å²) in [4.78, 5) is 10.6. The Labute approximate surface area is 85.6 Å². The van der Waals surface area contributed by atoms with E-state index in [0.717, 1.165) is 19.3 Å². The van der Waals surface area contributed by atoms with Gasteiger partial charge in [0.25, 0.3) is 0 Å². The molecule has 0 aliphatic heterocycles. The predicted octanol–water partition coefficient (Wildman–Crippen LogP) is 3.00. The molecule has 0 spiro atoms. The molecule has 0 N–H and O–H groups in total. The Bertz CT molecular complexity index is 281. The zero-order valence-electron chi connectivity index (χ0n) is 9.22. The second kappa shape index (κ2) is 4.99. The van der Waals surface area contributed by atoms with Gasteiger partial charge in [0, 0.05) is 6.92 Å². The molecule has 0 amide bonds. The van der Waals surface area contributed by atoms with Gasteiger partial charge in [-0.25, -0.2) is 0 Å². The Morgan fingerprint density at radius 1 is 1.36 bits per heavy atom. The molecule has 2 nitrogen and oxygen atoms in total. The van der Waals surface area contributed by atoms with Gasteiger partial charge in [0.15, 0.2) is 0 Å². The molecule has 14 heavy (non-hydrogen) atoms. The smallest absolute Gasteiger partial charge is 0.302 e. The molecule has 1 rings (SSSR count). The molecule has 0 fully saturated rings. The summed E-state index contributed by atoms with van der Waals surface area (Å²) >= 11 is 0. The number of hydrogen-bond acceptors (Lipinski definition) is 2. The van der Waals surface area contributed by atoms with Crippen LogP contribution in [0, 0.1) is 0 Å². The van der Waals surface area contributed by atoms with E-state index in [0.29, 0.717) is 6.61 Å². The van der Waals surface area contributed by atoms with Crippen molar-refractivity contribution >= 4 is 5.97 Å². The lowest BCUT2D eigenvalue weighted by Crippen LogP contribution is -2.06. The van der Waals surface area contributed by atoms with Crippen LogP contribution in [0.25, 0.3) is 0 Å². The van der Waals surface area contributed by atoms with Crippen LogP contribution in [0.15, 0.2) is 22.8 Å². The van der Waals surface area contributed by atoms with Crippen LogP contribution in [-0.4, -0.2) is 12.6 Å². The van der Waals surface area contributed by atoms with Crippen LogP contribution >= 0.6 is 0 Å². The number of hydrogen-bond donors (Lipinski definition) is 0. The Kier molecular flexibility index (Phi) is 3.93.